The Morgan fingerprint density at radius 2 is 1.97 bits per heavy atom. The maximum absolute atomic E-state index is 11.7. The van der Waals surface area contributed by atoms with Crippen molar-refractivity contribution in [1.29, 1.82) is 0 Å². The molecule has 0 spiro atoms. The minimum atomic E-state index is -0.490. The summed E-state index contributed by atoms with van der Waals surface area (Å²) in [6.07, 6.45) is 5.79. The predicted molar refractivity (Wildman–Crippen MR) is 130 cm³/mol. The Bertz CT molecular complexity index is 1060. The lowest BCUT2D eigenvalue weighted by Crippen LogP contribution is -2.67. The minimum absolute atomic E-state index is 0.199. The van der Waals surface area contributed by atoms with Gasteiger partial charge in [0.1, 0.15) is 18.7 Å². The van der Waals surface area contributed by atoms with Gasteiger partial charge in [-0.05, 0) is 58.3 Å². The molecule has 0 amide bonds. The molecule has 1 aromatic heterocycles. The van der Waals surface area contributed by atoms with E-state index in [2.05, 4.69) is 70.6 Å². The van der Waals surface area contributed by atoms with Crippen molar-refractivity contribution in [3.63, 3.8) is 0 Å². The molecule has 3 saturated heterocycles. The lowest BCUT2D eigenvalue weighted by Gasteiger charge is -2.58. The first kappa shape index (κ1) is 20.2. The topological polar surface area (TPSA) is 33.1 Å². The van der Waals surface area contributed by atoms with Crippen LogP contribution in [0.25, 0.3) is 10.9 Å². The molecule has 3 aromatic rings. The molecule has 6 rings (SSSR count). The highest BCUT2D eigenvalue weighted by Gasteiger charge is 2.53. The first-order valence-corrected chi connectivity index (χ1v) is 11.9. The van der Waals surface area contributed by atoms with Crippen LogP contribution in [0.1, 0.15) is 30.1 Å². The van der Waals surface area contributed by atoms with Crippen molar-refractivity contribution < 1.29 is 9.59 Å². The van der Waals surface area contributed by atoms with Gasteiger partial charge in [0, 0.05) is 39.5 Å². The van der Waals surface area contributed by atoms with Gasteiger partial charge in [0.05, 0.1) is 18.6 Å². The molecule has 0 saturated carbocycles. The fourth-order valence-corrected chi connectivity index (χ4v) is 6.28. The van der Waals surface area contributed by atoms with Crippen molar-refractivity contribution in [2.24, 2.45) is 11.8 Å². The molecule has 3 nitrogen and oxygen atoms in total. The Labute approximate surface area is 192 Å². The lowest BCUT2D eigenvalue weighted by molar-refractivity contribution is -0.984. The van der Waals surface area contributed by atoms with Gasteiger partial charge in [-0.15, -0.1) is 6.58 Å². The summed E-state index contributed by atoms with van der Waals surface area (Å²) in [7, 11) is 0. The van der Waals surface area contributed by atoms with E-state index in [1.54, 1.807) is 0 Å². The van der Waals surface area contributed by atoms with E-state index in [0.29, 0.717) is 11.8 Å². The van der Waals surface area contributed by atoms with Crippen LogP contribution in [0.2, 0.25) is 0 Å². The molecule has 30 heavy (non-hydrogen) atoms. The highest BCUT2D eigenvalue weighted by Crippen LogP contribution is 2.48. The van der Waals surface area contributed by atoms with Gasteiger partial charge < -0.3 is 9.59 Å². The zero-order chi connectivity index (χ0) is 20.7. The molecule has 2 bridgehead atoms. The molecule has 0 radical (unpaired) electrons. The number of quaternary nitrogens is 1. The quantitative estimate of drug-likeness (QED) is 0.280. The first-order chi connectivity index (χ1) is 14.6. The van der Waals surface area contributed by atoms with Gasteiger partial charge in [-0.2, -0.15) is 0 Å². The van der Waals surface area contributed by atoms with Crippen LogP contribution in [0.4, 0.5) is 0 Å². The van der Waals surface area contributed by atoms with Crippen molar-refractivity contribution >= 4 is 33.5 Å². The average molecular weight is 511 g/mol. The third kappa shape index (κ3) is 3.49. The Balaban J connectivity index is 1.55. The van der Waals surface area contributed by atoms with Crippen molar-refractivity contribution in [2.75, 3.05) is 13.1 Å². The third-order valence-corrected chi connectivity index (χ3v) is 8.17. The molecule has 3 aliphatic rings. The molecule has 154 valence electrons. The van der Waals surface area contributed by atoms with Crippen LogP contribution in [-0.4, -0.2) is 33.7 Å². The van der Waals surface area contributed by atoms with Crippen LogP contribution < -0.4 is 0 Å². The van der Waals surface area contributed by atoms with Gasteiger partial charge in [-0.3, -0.25) is 4.98 Å². The van der Waals surface area contributed by atoms with Crippen LogP contribution >= 0.6 is 22.6 Å². The maximum Gasteiger partial charge on any atom is 0.131 e. The van der Waals surface area contributed by atoms with Gasteiger partial charge >= 0.3 is 0 Å². The van der Waals surface area contributed by atoms with E-state index in [1.807, 2.05) is 30.5 Å². The summed E-state index contributed by atoms with van der Waals surface area (Å²) in [4.78, 5) is 4.51. The van der Waals surface area contributed by atoms with Crippen LogP contribution in [0.5, 0.6) is 0 Å². The summed E-state index contributed by atoms with van der Waals surface area (Å²) in [6.45, 7) is 7.32. The van der Waals surface area contributed by atoms with Crippen molar-refractivity contribution in [1.82, 2.24) is 4.98 Å². The molecular weight excluding hydrogens is 483 g/mol. The number of aliphatic hydroxyl groups is 1. The van der Waals surface area contributed by atoms with Gasteiger partial charge in [0.15, 0.2) is 0 Å². The minimum Gasteiger partial charge on any atom is -0.382 e. The Hall–Kier alpha value is -1.76. The van der Waals surface area contributed by atoms with Gasteiger partial charge in [-0.25, -0.2) is 0 Å². The number of nitrogens with zero attached hydrogens (tertiary/aromatic N) is 2. The molecule has 0 aliphatic carbocycles. The number of hydrogen-bond acceptors (Lipinski definition) is 2. The Morgan fingerprint density at radius 3 is 2.77 bits per heavy atom. The molecule has 2 aromatic carbocycles. The Kier molecular flexibility index (Phi) is 5.42. The number of aromatic nitrogens is 1. The number of pyridine rings is 1. The maximum atomic E-state index is 11.7. The van der Waals surface area contributed by atoms with Gasteiger partial charge in [0.25, 0.3) is 0 Å². The summed E-state index contributed by atoms with van der Waals surface area (Å²) in [5.41, 5.74) is 3.34. The normalized spacial score (nSPS) is 29.1. The zero-order valence-corrected chi connectivity index (χ0v) is 19.3. The van der Waals surface area contributed by atoms with E-state index in [4.69, 9.17) is 0 Å². The average Bonchev–Trinajstić information content (AvgIpc) is 2.79. The third-order valence-electron chi connectivity index (χ3n) is 7.45. The largest absolute Gasteiger partial charge is 0.382 e. The summed E-state index contributed by atoms with van der Waals surface area (Å²) < 4.78 is 2.21. The van der Waals surface area contributed by atoms with E-state index < -0.39 is 6.10 Å². The number of rotatable bonds is 5. The SMILES string of the molecule is C=C[C@H]1C[N+]2(Cc3ccc(I)cc3)CCC1C[C@@H]2[C@@H](O)c1ccnc2ccccc12. The van der Waals surface area contributed by atoms with Crippen LogP contribution in [0.3, 0.4) is 0 Å². The summed E-state index contributed by atoms with van der Waals surface area (Å²) in [6, 6.07) is 19.3. The highest BCUT2D eigenvalue weighted by atomic mass is 127. The smallest absolute Gasteiger partial charge is 0.131 e. The second-order valence-electron chi connectivity index (χ2n) is 9.02. The molecule has 2 unspecified atom stereocenters. The van der Waals surface area contributed by atoms with E-state index in [9.17, 15) is 5.11 Å². The fourth-order valence-electron chi connectivity index (χ4n) is 5.92. The van der Waals surface area contributed by atoms with E-state index in [0.717, 1.165) is 47.0 Å². The van der Waals surface area contributed by atoms with Crippen LogP contribution in [0.15, 0.2) is 73.4 Å². The Morgan fingerprint density at radius 1 is 1.17 bits per heavy atom. The van der Waals surface area contributed by atoms with Crippen molar-refractivity contribution in [2.45, 2.75) is 31.5 Å². The van der Waals surface area contributed by atoms with Crippen molar-refractivity contribution in [3.8, 4) is 0 Å². The summed E-state index contributed by atoms with van der Waals surface area (Å²) in [5.74, 6) is 1.17. The number of piperidine rings is 3. The first-order valence-electron chi connectivity index (χ1n) is 10.8. The number of halogens is 1. The lowest BCUT2D eigenvalue weighted by atomic mass is 9.71. The second-order valence-corrected chi connectivity index (χ2v) is 10.3. The number of para-hydroxylation sites is 1. The number of aliphatic hydroxyl groups excluding tert-OH is 1. The van der Waals surface area contributed by atoms with Gasteiger partial charge in [0.2, 0.25) is 0 Å². The fraction of sp³-hybridized carbons (Fsp3) is 0.346. The molecular formula is C26H28IN2O+. The van der Waals surface area contributed by atoms with E-state index in [1.165, 1.54) is 15.6 Å². The number of hydrogen-bond donors (Lipinski definition) is 1. The van der Waals surface area contributed by atoms with Crippen LogP contribution in [0, 0.1) is 15.4 Å². The molecule has 4 heteroatoms. The molecule has 3 aliphatic heterocycles. The van der Waals surface area contributed by atoms with E-state index >= 15 is 0 Å². The summed E-state index contributed by atoms with van der Waals surface area (Å²) >= 11 is 2.36. The molecule has 1 N–H and O–H groups in total. The zero-order valence-electron chi connectivity index (χ0n) is 17.1. The molecule has 4 heterocycles. The number of benzene rings is 2. The molecule has 5 atom stereocenters. The van der Waals surface area contributed by atoms with Gasteiger partial charge in [-0.1, -0.05) is 36.4 Å². The van der Waals surface area contributed by atoms with Crippen molar-refractivity contribution in [3.05, 3.63) is 88.1 Å². The summed E-state index contributed by atoms with van der Waals surface area (Å²) in [5, 5.41) is 12.8. The molecule has 3 fully saturated rings. The number of fused-ring (bicyclic) bond motifs is 4. The highest BCUT2D eigenvalue weighted by molar-refractivity contribution is 14.1. The predicted octanol–water partition coefficient (Wildman–Crippen LogP) is 5.48. The second kappa shape index (κ2) is 8.06. The standard InChI is InChI=1S/C26H28IN2O/c1-2-19-17-29(16-18-7-9-21(27)10-8-18)14-12-20(19)15-25(29)26(30)23-11-13-28-24-6-4-3-5-22(23)24/h2-11,13,19-20,25-26,30H,1,12,14-17H2/q+1/t19-,20?,25+,26-,29?/m0/s1. The van der Waals surface area contributed by atoms with Crippen LogP contribution in [-0.2, 0) is 6.54 Å². The monoisotopic (exact) mass is 511 g/mol. The van der Waals surface area contributed by atoms with E-state index in [-0.39, 0.29) is 6.04 Å².